The summed E-state index contributed by atoms with van der Waals surface area (Å²) in [7, 11) is 0. The Hall–Kier alpha value is -1.88. The average Bonchev–Trinajstić information content (AvgIpc) is 2.93. The molecule has 0 saturated carbocycles. The fraction of sp³-hybridized carbons (Fsp3) is 0.333. The fourth-order valence-electron chi connectivity index (χ4n) is 2.06. The van der Waals surface area contributed by atoms with Crippen molar-refractivity contribution in [2.45, 2.75) is 19.3 Å². The van der Waals surface area contributed by atoms with Crippen molar-refractivity contribution in [3.63, 3.8) is 0 Å². The Labute approximate surface area is 126 Å². The Morgan fingerprint density at radius 1 is 1.43 bits per heavy atom. The number of benzene rings is 1. The van der Waals surface area contributed by atoms with Gasteiger partial charge in [0.25, 0.3) is 5.91 Å². The van der Waals surface area contributed by atoms with E-state index >= 15 is 0 Å². The summed E-state index contributed by atoms with van der Waals surface area (Å²) in [6.07, 6.45) is 6.22. The molecular formula is C15H15ClFNO3. The highest BCUT2D eigenvalue weighted by molar-refractivity contribution is 6.31. The minimum absolute atomic E-state index is 0.0854. The van der Waals surface area contributed by atoms with Gasteiger partial charge >= 0.3 is 5.97 Å². The minimum atomic E-state index is -0.564. The minimum Gasteiger partial charge on any atom is -0.456 e. The van der Waals surface area contributed by atoms with Gasteiger partial charge in [0.1, 0.15) is 5.82 Å². The molecule has 0 bridgehead atoms. The average molecular weight is 312 g/mol. The second kappa shape index (κ2) is 7.22. The van der Waals surface area contributed by atoms with Crippen LogP contribution >= 0.6 is 11.6 Å². The number of anilines is 1. The van der Waals surface area contributed by atoms with E-state index in [9.17, 15) is 14.0 Å². The number of nitrogens with one attached hydrogen (secondary N) is 1. The monoisotopic (exact) mass is 311 g/mol. The SMILES string of the molecule is O=C(COC(=O)C[C@H]1C=CCC1)Nc1ccc(F)c(Cl)c1. The number of halogens is 2. The number of hydrogen-bond donors (Lipinski definition) is 1. The topological polar surface area (TPSA) is 55.4 Å². The van der Waals surface area contributed by atoms with Crippen molar-refractivity contribution in [2.75, 3.05) is 11.9 Å². The lowest BCUT2D eigenvalue weighted by molar-refractivity contribution is -0.147. The third-order valence-electron chi connectivity index (χ3n) is 3.11. The third kappa shape index (κ3) is 4.86. The number of carbonyl (C=O) groups excluding carboxylic acids is 2. The van der Waals surface area contributed by atoms with Crippen LogP contribution < -0.4 is 5.32 Å². The van der Waals surface area contributed by atoms with E-state index in [2.05, 4.69) is 5.32 Å². The van der Waals surface area contributed by atoms with Gasteiger partial charge in [0.15, 0.2) is 6.61 Å². The lowest BCUT2D eigenvalue weighted by Crippen LogP contribution is -2.21. The maximum absolute atomic E-state index is 13.0. The predicted molar refractivity (Wildman–Crippen MR) is 77.5 cm³/mol. The Balaban J connectivity index is 1.75. The van der Waals surface area contributed by atoms with Crippen LogP contribution in [0.4, 0.5) is 10.1 Å². The summed E-state index contributed by atoms with van der Waals surface area (Å²) in [6.45, 7) is -0.371. The molecule has 1 aliphatic rings. The summed E-state index contributed by atoms with van der Waals surface area (Å²) in [5.74, 6) is -1.26. The molecule has 0 heterocycles. The van der Waals surface area contributed by atoms with Gasteiger partial charge < -0.3 is 10.1 Å². The van der Waals surface area contributed by atoms with Crippen molar-refractivity contribution in [1.82, 2.24) is 0 Å². The number of rotatable bonds is 5. The van der Waals surface area contributed by atoms with Crippen LogP contribution in [0.15, 0.2) is 30.4 Å². The van der Waals surface area contributed by atoms with Crippen LogP contribution in [0.2, 0.25) is 5.02 Å². The molecule has 1 amide bonds. The Morgan fingerprint density at radius 2 is 2.24 bits per heavy atom. The highest BCUT2D eigenvalue weighted by atomic mass is 35.5. The van der Waals surface area contributed by atoms with Crippen molar-refractivity contribution >= 4 is 29.2 Å². The molecule has 0 fully saturated rings. The fourth-order valence-corrected chi connectivity index (χ4v) is 2.24. The van der Waals surface area contributed by atoms with Crippen molar-refractivity contribution in [3.8, 4) is 0 Å². The molecule has 1 aromatic carbocycles. The summed E-state index contributed by atoms with van der Waals surface area (Å²) < 4.78 is 17.9. The van der Waals surface area contributed by atoms with E-state index < -0.39 is 17.7 Å². The Kier molecular flexibility index (Phi) is 5.33. The highest BCUT2D eigenvalue weighted by Crippen LogP contribution is 2.21. The molecule has 0 saturated heterocycles. The van der Waals surface area contributed by atoms with Gasteiger partial charge in [0.2, 0.25) is 0 Å². The first-order chi connectivity index (χ1) is 10.0. The van der Waals surface area contributed by atoms with Gasteiger partial charge in [-0.15, -0.1) is 0 Å². The zero-order valence-electron chi connectivity index (χ0n) is 11.3. The molecule has 4 nitrogen and oxygen atoms in total. The zero-order valence-corrected chi connectivity index (χ0v) is 12.0. The molecule has 1 N–H and O–H groups in total. The summed E-state index contributed by atoms with van der Waals surface area (Å²) in [5, 5.41) is 2.39. The second-order valence-corrected chi connectivity index (χ2v) is 5.21. The molecule has 0 spiro atoms. The third-order valence-corrected chi connectivity index (χ3v) is 3.40. The van der Waals surface area contributed by atoms with E-state index in [0.717, 1.165) is 18.9 Å². The van der Waals surface area contributed by atoms with Crippen molar-refractivity contribution in [1.29, 1.82) is 0 Å². The highest BCUT2D eigenvalue weighted by Gasteiger charge is 2.16. The number of allylic oxidation sites excluding steroid dienone is 2. The molecule has 112 valence electrons. The van der Waals surface area contributed by atoms with Crippen LogP contribution in [-0.2, 0) is 14.3 Å². The summed E-state index contributed by atoms with van der Waals surface area (Å²) in [6, 6.07) is 3.82. The normalized spacial score (nSPS) is 16.8. The van der Waals surface area contributed by atoms with Crippen molar-refractivity contribution < 1.29 is 18.7 Å². The molecule has 1 atom stereocenters. The van der Waals surface area contributed by atoms with Crippen LogP contribution in [0.3, 0.4) is 0 Å². The number of esters is 1. The van der Waals surface area contributed by atoms with Gasteiger partial charge in [-0.25, -0.2) is 4.39 Å². The first kappa shape index (κ1) is 15.5. The molecule has 1 aromatic rings. The summed E-state index contributed by atoms with van der Waals surface area (Å²) >= 11 is 5.60. The first-order valence-electron chi connectivity index (χ1n) is 6.62. The van der Waals surface area contributed by atoms with E-state index in [4.69, 9.17) is 16.3 Å². The molecule has 0 unspecified atom stereocenters. The number of amides is 1. The smallest absolute Gasteiger partial charge is 0.306 e. The molecule has 21 heavy (non-hydrogen) atoms. The Morgan fingerprint density at radius 3 is 2.90 bits per heavy atom. The standard InChI is InChI=1S/C15H15ClFNO3/c16-12-8-11(5-6-13(12)17)18-14(19)9-21-15(20)7-10-3-1-2-4-10/h1,3,5-6,8,10H,2,4,7,9H2,(H,18,19)/t10-/m0/s1. The Bertz CT molecular complexity index is 574. The lowest BCUT2D eigenvalue weighted by atomic mass is 10.1. The molecular weight excluding hydrogens is 297 g/mol. The maximum atomic E-state index is 13.0. The summed E-state index contributed by atoms with van der Waals surface area (Å²) in [4.78, 5) is 23.2. The predicted octanol–water partition coefficient (Wildman–Crippen LogP) is 3.32. The molecule has 0 aliphatic heterocycles. The summed E-state index contributed by atoms with van der Waals surface area (Å²) in [5.41, 5.74) is 0.348. The quantitative estimate of drug-likeness (QED) is 0.670. The molecule has 1 aliphatic carbocycles. The van der Waals surface area contributed by atoms with Crippen molar-refractivity contribution in [3.05, 3.63) is 41.2 Å². The molecule has 0 aromatic heterocycles. The van der Waals surface area contributed by atoms with Gasteiger partial charge in [-0.2, -0.15) is 0 Å². The van der Waals surface area contributed by atoms with Crippen LogP contribution in [0.5, 0.6) is 0 Å². The van der Waals surface area contributed by atoms with Crippen molar-refractivity contribution in [2.24, 2.45) is 5.92 Å². The van der Waals surface area contributed by atoms with E-state index in [1.54, 1.807) is 0 Å². The van der Waals surface area contributed by atoms with E-state index in [1.807, 2.05) is 12.2 Å². The second-order valence-electron chi connectivity index (χ2n) is 4.81. The number of hydrogen-bond acceptors (Lipinski definition) is 3. The van der Waals surface area contributed by atoms with Crippen LogP contribution in [0.1, 0.15) is 19.3 Å². The zero-order chi connectivity index (χ0) is 15.2. The largest absolute Gasteiger partial charge is 0.456 e. The van der Waals surface area contributed by atoms with Crippen LogP contribution in [0.25, 0.3) is 0 Å². The number of carbonyl (C=O) groups is 2. The van der Waals surface area contributed by atoms with Crippen LogP contribution in [0, 0.1) is 11.7 Å². The lowest BCUT2D eigenvalue weighted by Gasteiger charge is -2.09. The van der Waals surface area contributed by atoms with E-state index in [0.29, 0.717) is 5.69 Å². The maximum Gasteiger partial charge on any atom is 0.306 e. The van der Waals surface area contributed by atoms with Gasteiger partial charge in [0, 0.05) is 5.69 Å². The molecule has 0 radical (unpaired) electrons. The first-order valence-corrected chi connectivity index (χ1v) is 6.99. The molecule has 6 heteroatoms. The van der Waals surface area contributed by atoms with Crippen LogP contribution in [-0.4, -0.2) is 18.5 Å². The van der Waals surface area contributed by atoms with E-state index in [1.165, 1.54) is 12.1 Å². The van der Waals surface area contributed by atoms with Gasteiger partial charge in [-0.05, 0) is 37.0 Å². The van der Waals surface area contributed by atoms with Gasteiger partial charge in [0.05, 0.1) is 11.4 Å². The van der Waals surface area contributed by atoms with Gasteiger partial charge in [-0.3, -0.25) is 9.59 Å². The molecule has 2 rings (SSSR count). The van der Waals surface area contributed by atoms with E-state index in [-0.39, 0.29) is 24.0 Å². The van der Waals surface area contributed by atoms with Gasteiger partial charge in [-0.1, -0.05) is 23.8 Å². The number of ether oxygens (including phenoxy) is 1.